The first-order valence-corrected chi connectivity index (χ1v) is 8.53. The van der Waals surface area contributed by atoms with Crippen LogP contribution in [0.2, 0.25) is 0 Å². The van der Waals surface area contributed by atoms with Crippen molar-refractivity contribution in [2.24, 2.45) is 5.41 Å². The maximum Gasteiger partial charge on any atom is 0.236 e. The standard InChI is InChI=1S/C17H29NO2S/c1-5-6-7-8-9-14(2)21-17(10-11-17)15(20)18-12-16(3,4)13-19/h5-6,9,19H,7-8,10-13H2,1-4H3,(H,18,20)/b6-5-,14-9+. The van der Waals surface area contributed by atoms with Crippen LogP contribution in [-0.2, 0) is 4.79 Å². The van der Waals surface area contributed by atoms with Crippen LogP contribution >= 0.6 is 11.8 Å². The lowest BCUT2D eigenvalue weighted by molar-refractivity contribution is -0.121. The molecule has 1 amide bonds. The van der Waals surface area contributed by atoms with Gasteiger partial charge in [0.2, 0.25) is 5.91 Å². The van der Waals surface area contributed by atoms with Crippen molar-refractivity contribution in [1.29, 1.82) is 0 Å². The molecule has 1 aliphatic rings. The highest BCUT2D eigenvalue weighted by molar-refractivity contribution is 8.05. The average molecular weight is 311 g/mol. The van der Waals surface area contributed by atoms with Crippen molar-refractivity contribution in [3.05, 3.63) is 23.1 Å². The van der Waals surface area contributed by atoms with Crippen molar-refractivity contribution in [3.63, 3.8) is 0 Å². The number of aliphatic hydroxyl groups excluding tert-OH is 1. The monoisotopic (exact) mass is 311 g/mol. The van der Waals surface area contributed by atoms with E-state index in [-0.39, 0.29) is 22.7 Å². The van der Waals surface area contributed by atoms with Crippen LogP contribution in [0.1, 0.15) is 53.4 Å². The van der Waals surface area contributed by atoms with E-state index >= 15 is 0 Å². The third-order valence-electron chi connectivity index (χ3n) is 3.63. The molecular weight excluding hydrogens is 282 g/mol. The molecule has 4 heteroatoms. The molecule has 2 N–H and O–H groups in total. The van der Waals surface area contributed by atoms with Crippen LogP contribution in [0.15, 0.2) is 23.1 Å². The number of rotatable bonds is 9. The smallest absolute Gasteiger partial charge is 0.236 e. The second-order valence-corrected chi connectivity index (χ2v) is 8.19. The molecule has 0 aromatic heterocycles. The van der Waals surface area contributed by atoms with Gasteiger partial charge in [0, 0.05) is 18.6 Å². The zero-order valence-electron chi connectivity index (χ0n) is 13.7. The van der Waals surface area contributed by atoms with Gasteiger partial charge < -0.3 is 10.4 Å². The van der Waals surface area contributed by atoms with Crippen molar-refractivity contribution in [2.75, 3.05) is 13.2 Å². The Kier molecular flexibility index (Phi) is 7.01. The summed E-state index contributed by atoms with van der Waals surface area (Å²) in [7, 11) is 0. The van der Waals surface area contributed by atoms with Gasteiger partial charge in [0.15, 0.2) is 0 Å². The Morgan fingerprint density at radius 2 is 2.05 bits per heavy atom. The van der Waals surface area contributed by atoms with Gasteiger partial charge in [-0.2, -0.15) is 0 Å². The topological polar surface area (TPSA) is 49.3 Å². The first-order valence-electron chi connectivity index (χ1n) is 7.71. The summed E-state index contributed by atoms with van der Waals surface area (Å²) in [6.07, 6.45) is 10.4. The Bertz CT molecular complexity index is 409. The number of amides is 1. The molecule has 0 aromatic rings. The largest absolute Gasteiger partial charge is 0.396 e. The average Bonchev–Trinajstić information content (AvgIpc) is 3.22. The van der Waals surface area contributed by atoms with Crippen molar-refractivity contribution < 1.29 is 9.90 Å². The van der Waals surface area contributed by atoms with E-state index in [9.17, 15) is 9.90 Å². The van der Waals surface area contributed by atoms with Gasteiger partial charge in [0.1, 0.15) is 0 Å². The lowest BCUT2D eigenvalue weighted by Crippen LogP contribution is -2.41. The molecule has 1 saturated carbocycles. The fraction of sp³-hybridized carbons (Fsp3) is 0.706. The maximum atomic E-state index is 12.3. The Labute approximate surface area is 133 Å². The number of carbonyl (C=O) groups excluding carboxylic acids is 1. The molecule has 0 aromatic carbocycles. The molecule has 0 spiro atoms. The van der Waals surface area contributed by atoms with E-state index in [4.69, 9.17) is 0 Å². The van der Waals surface area contributed by atoms with Crippen molar-refractivity contribution in [3.8, 4) is 0 Å². The Hall–Kier alpha value is -0.740. The fourth-order valence-electron chi connectivity index (χ4n) is 1.92. The van der Waals surface area contributed by atoms with E-state index < -0.39 is 0 Å². The number of hydrogen-bond donors (Lipinski definition) is 2. The van der Waals surface area contributed by atoms with Gasteiger partial charge in [-0.25, -0.2) is 0 Å². The second-order valence-electron chi connectivity index (χ2n) is 6.56. The lowest BCUT2D eigenvalue weighted by atomic mass is 9.95. The number of carbonyl (C=O) groups is 1. The molecule has 0 aliphatic heterocycles. The van der Waals surface area contributed by atoms with E-state index in [1.165, 1.54) is 4.91 Å². The lowest BCUT2D eigenvalue weighted by Gasteiger charge is -2.24. The molecule has 21 heavy (non-hydrogen) atoms. The minimum Gasteiger partial charge on any atom is -0.396 e. The summed E-state index contributed by atoms with van der Waals surface area (Å²) in [6, 6.07) is 0. The molecule has 0 heterocycles. The Balaban J connectivity index is 2.44. The highest BCUT2D eigenvalue weighted by atomic mass is 32.2. The first-order chi connectivity index (χ1) is 9.85. The molecule has 120 valence electrons. The molecule has 1 rings (SSSR count). The molecular formula is C17H29NO2S. The molecule has 0 radical (unpaired) electrons. The van der Waals surface area contributed by atoms with Gasteiger partial charge in [0.25, 0.3) is 0 Å². The third-order valence-corrected chi connectivity index (χ3v) is 5.10. The zero-order valence-corrected chi connectivity index (χ0v) is 14.6. The number of thioether (sulfide) groups is 1. The van der Waals surface area contributed by atoms with Gasteiger partial charge in [0.05, 0.1) is 4.75 Å². The van der Waals surface area contributed by atoms with Gasteiger partial charge in [-0.15, -0.1) is 11.8 Å². The molecule has 1 fully saturated rings. The quantitative estimate of drug-likeness (QED) is 0.505. The van der Waals surface area contributed by atoms with Crippen molar-refractivity contribution in [2.45, 2.75) is 58.1 Å². The summed E-state index contributed by atoms with van der Waals surface area (Å²) in [5.41, 5.74) is -0.256. The van der Waals surface area contributed by atoms with E-state index in [2.05, 4.69) is 30.5 Å². The number of unbranched alkanes of at least 4 members (excludes halogenated alkanes) is 1. The van der Waals surface area contributed by atoms with Crippen LogP contribution in [0.3, 0.4) is 0 Å². The summed E-state index contributed by atoms with van der Waals surface area (Å²) in [5, 5.41) is 12.2. The normalized spacial score (nSPS) is 18.0. The van der Waals surface area contributed by atoms with Crippen LogP contribution in [0.5, 0.6) is 0 Å². The summed E-state index contributed by atoms with van der Waals surface area (Å²) in [4.78, 5) is 13.6. The van der Waals surface area contributed by atoms with E-state index in [0.29, 0.717) is 6.54 Å². The van der Waals surface area contributed by atoms with Crippen LogP contribution in [0.25, 0.3) is 0 Å². The van der Waals surface area contributed by atoms with Gasteiger partial charge in [-0.05, 0) is 44.4 Å². The summed E-state index contributed by atoms with van der Waals surface area (Å²) in [5.74, 6) is 0.121. The number of hydrogen-bond acceptors (Lipinski definition) is 3. The highest BCUT2D eigenvalue weighted by Crippen LogP contribution is 2.51. The summed E-state index contributed by atoms with van der Waals surface area (Å²) >= 11 is 1.70. The molecule has 0 bridgehead atoms. The number of allylic oxidation sites excluding steroid dienone is 4. The molecule has 1 aliphatic carbocycles. The van der Waals surface area contributed by atoms with Crippen molar-refractivity contribution >= 4 is 17.7 Å². The molecule has 3 nitrogen and oxygen atoms in total. The van der Waals surface area contributed by atoms with Gasteiger partial charge in [-0.3, -0.25) is 4.79 Å². The maximum absolute atomic E-state index is 12.3. The van der Waals surface area contributed by atoms with Crippen LogP contribution in [0.4, 0.5) is 0 Å². The second kappa shape index (κ2) is 8.04. The van der Waals surface area contributed by atoms with E-state index in [1.807, 2.05) is 20.8 Å². The van der Waals surface area contributed by atoms with Crippen LogP contribution < -0.4 is 5.32 Å². The third kappa shape index (κ3) is 6.27. The van der Waals surface area contributed by atoms with Gasteiger partial charge in [-0.1, -0.05) is 32.1 Å². The first kappa shape index (κ1) is 18.3. The Morgan fingerprint density at radius 1 is 1.38 bits per heavy atom. The Morgan fingerprint density at radius 3 is 2.57 bits per heavy atom. The van der Waals surface area contributed by atoms with E-state index in [1.54, 1.807) is 11.8 Å². The van der Waals surface area contributed by atoms with Crippen molar-refractivity contribution in [1.82, 2.24) is 5.32 Å². The predicted octanol–water partition coefficient (Wildman–Crippen LogP) is 3.65. The fourth-order valence-corrected chi connectivity index (χ4v) is 3.21. The van der Waals surface area contributed by atoms with Gasteiger partial charge >= 0.3 is 0 Å². The minimum atomic E-state index is -0.257. The van der Waals surface area contributed by atoms with E-state index in [0.717, 1.165) is 25.7 Å². The number of aliphatic hydroxyl groups is 1. The molecule has 0 unspecified atom stereocenters. The number of nitrogens with one attached hydrogen (secondary N) is 1. The predicted molar refractivity (Wildman–Crippen MR) is 91.2 cm³/mol. The SMILES string of the molecule is C/C=C\CC/C=C(\C)SC1(C(=O)NCC(C)(C)CO)CC1. The molecule has 0 atom stereocenters. The molecule has 0 saturated heterocycles. The highest BCUT2D eigenvalue weighted by Gasteiger charge is 2.50. The zero-order chi connectivity index (χ0) is 15.9. The van der Waals surface area contributed by atoms with Crippen LogP contribution in [0, 0.1) is 5.41 Å². The summed E-state index contributed by atoms with van der Waals surface area (Å²) in [6.45, 7) is 8.62. The summed E-state index contributed by atoms with van der Waals surface area (Å²) < 4.78 is -0.257. The minimum absolute atomic E-state index is 0.0807. The van der Waals surface area contributed by atoms with Crippen LogP contribution in [-0.4, -0.2) is 28.9 Å².